The molecule has 0 aliphatic heterocycles. The first kappa shape index (κ1) is 14.2. The maximum atomic E-state index is 10.7. The quantitative estimate of drug-likeness (QED) is 0.723. The van der Waals surface area contributed by atoms with Crippen molar-refractivity contribution in [3.8, 4) is 16.3 Å². The molecule has 2 rings (SSSR count). The van der Waals surface area contributed by atoms with E-state index < -0.39 is 5.97 Å². The van der Waals surface area contributed by atoms with Crippen molar-refractivity contribution in [2.24, 2.45) is 0 Å². The van der Waals surface area contributed by atoms with E-state index in [0.717, 1.165) is 5.56 Å². The van der Waals surface area contributed by atoms with Gasteiger partial charge in [-0.2, -0.15) is 0 Å². The molecule has 6 heteroatoms. The zero-order chi connectivity index (χ0) is 11.7. The summed E-state index contributed by atoms with van der Waals surface area (Å²) in [7, 11) is 0. The van der Waals surface area contributed by atoms with Gasteiger partial charge in [0.2, 0.25) is 0 Å². The van der Waals surface area contributed by atoms with Crippen LogP contribution in [-0.4, -0.2) is 21.2 Å². The molecule has 0 unspecified atom stereocenters. The molecular weight excluding hydrogens is 249 g/mol. The van der Waals surface area contributed by atoms with Crippen molar-refractivity contribution in [3.63, 3.8) is 0 Å². The fourth-order valence-corrected chi connectivity index (χ4v) is 2.14. The van der Waals surface area contributed by atoms with Crippen LogP contribution in [0, 0.1) is 6.92 Å². The fourth-order valence-electron chi connectivity index (χ4n) is 1.32. The average molecular weight is 259 g/mol. The van der Waals surface area contributed by atoms with E-state index in [0.29, 0.717) is 10.6 Å². The molecule has 0 aliphatic carbocycles. The molecule has 0 saturated carbocycles. The first-order valence-corrected chi connectivity index (χ1v) is 5.44. The number of nitrogens with zero attached hydrogens (tertiary/aromatic N) is 1. The molecule has 1 aromatic carbocycles. The minimum absolute atomic E-state index is 0. The van der Waals surface area contributed by atoms with Gasteiger partial charge in [-0.1, -0.05) is 11.6 Å². The molecule has 0 saturated heterocycles. The number of carboxylic acid groups (broad SMARTS) is 1. The normalized spacial score (nSPS) is 9.71. The Bertz CT molecular complexity index is 559. The van der Waals surface area contributed by atoms with Crippen molar-refractivity contribution in [2.45, 2.75) is 6.92 Å². The van der Waals surface area contributed by atoms with E-state index >= 15 is 0 Å². The summed E-state index contributed by atoms with van der Waals surface area (Å²) >= 11 is 1.20. The third kappa shape index (κ3) is 3.07. The van der Waals surface area contributed by atoms with Gasteiger partial charge in [0, 0.05) is 5.38 Å². The molecule has 0 amide bonds. The summed E-state index contributed by atoms with van der Waals surface area (Å²) in [6, 6.07) is 5.14. The van der Waals surface area contributed by atoms with Crippen molar-refractivity contribution >= 4 is 17.3 Å². The van der Waals surface area contributed by atoms with Crippen LogP contribution in [-0.2, 0) is 0 Å². The van der Waals surface area contributed by atoms with Crippen molar-refractivity contribution in [3.05, 3.63) is 34.8 Å². The van der Waals surface area contributed by atoms with Gasteiger partial charge in [0.15, 0.2) is 5.69 Å². The van der Waals surface area contributed by atoms with E-state index in [-0.39, 0.29) is 42.4 Å². The summed E-state index contributed by atoms with van der Waals surface area (Å²) < 4.78 is 0. The van der Waals surface area contributed by atoms with Gasteiger partial charge < -0.3 is 11.6 Å². The molecule has 4 nitrogen and oxygen atoms in total. The van der Waals surface area contributed by atoms with Crippen molar-refractivity contribution in [1.82, 2.24) is 4.98 Å². The number of rotatable bonds is 2. The van der Waals surface area contributed by atoms with Crippen LogP contribution in [0.5, 0.6) is 5.75 Å². The number of carbonyl (C=O) groups is 1. The van der Waals surface area contributed by atoms with Gasteiger partial charge in [0.25, 0.3) is 0 Å². The predicted octanol–water partition coefficient (Wildman–Crippen LogP) is -0.361. The Labute approximate surface area is 126 Å². The largest absolute Gasteiger partial charge is 1.00 e. The first-order chi connectivity index (χ1) is 7.58. The SMILES string of the molecule is Cc1ccc(O)c(-c2nc(C(=O)O)cs2)c1.[H-].[Na+]. The van der Waals surface area contributed by atoms with E-state index in [1.54, 1.807) is 18.2 Å². The average Bonchev–Trinajstić information content (AvgIpc) is 2.70. The Morgan fingerprint density at radius 2 is 2.18 bits per heavy atom. The smallest absolute Gasteiger partial charge is 1.00 e. The van der Waals surface area contributed by atoms with Gasteiger partial charge in [-0.25, -0.2) is 9.78 Å². The fraction of sp³-hybridized carbons (Fsp3) is 0.0909. The molecular formula is C11H10NNaO3S. The molecule has 0 fully saturated rings. The Balaban J connectivity index is 0.00000144. The summed E-state index contributed by atoms with van der Waals surface area (Å²) in [5, 5.41) is 20.4. The van der Waals surface area contributed by atoms with Gasteiger partial charge in [-0.3, -0.25) is 0 Å². The predicted molar refractivity (Wildman–Crippen MR) is 62.0 cm³/mol. The Hall–Kier alpha value is -0.880. The second kappa shape index (κ2) is 5.64. The van der Waals surface area contributed by atoms with E-state index in [2.05, 4.69) is 4.98 Å². The van der Waals surface area contributed by atoms with Gasteiger partial charge in [0.05, 0.1) is 5.56 Å². The van der Waals surface area contributed by atoms with E-state index in [9.17, 15) is 9.90 Å². The van der Waals surface area contributed by atoms with Gasteiger partial charge in [-0.15, -0.1) is 11.3 Å². The van der Waals surface area contributed by atoms with Crippen molar-refractivity contribution in [1.29, 1.82) is 0 Å². The number of aromatic nitrogens is 1. The van der Waals surface area contributed by atoms with Crippen LogP contribution in [0.25, 0.3) is 10.6 Å². The van der Waals surface area contributed by atoms with E-state index in [1.807, 2.05) is 6.92 Å². The minimum atomic E-state index is -1.06. The summed E-state index contributed by atoms with van der Waals surface area (Å²) in [4.78, 5) is 14.6. The molecule has 2 aromatic rings. The second-order valence-electron chi connectivity index (χ2n) is 3.36. The number of hydrogen-bond donors (Lipinski definition) is 2. The maximum absolute atomic E-state index is 10.7. The number of aromatic hydroxyl groups is 1. The number of phenols is 1. The Kier molecular flexibility index (Phi) is 4.70. The molecule has 17 heavy (non-hydrogen) atoms. The van der Waals surface area contributed by atoms with Crippen LogP contribution in [0.15, 0.2) is 23.6 Å². The summed E-state index contributed by atoms with van der Waals surface area (Å²) in [5.41, 5.74) is 1.55. The number of thiazole rings is 1. The summed E-state index contributed by atoms with van der Waals surface area (Å²) in [6.45, 7) is 1.90. The van der Waals surface area contributed by atoms with Crippen LogP contribution >= 0.6 is 11.3 Å². The molecule has 0 spiro atoms. The van der Waals surface area contributed by atoms with Gasteiger partial charge in [-0.05, 0) is 19.1 Å². The van der Waals surface area contributed by atoms with Crippen LogP contribution in [0.4, 0.5) is 0 Å². The van der Waals surface area contributed by atoms with E-state index in [4.69, 9.17) is 5.11 Å². The third-order valence-electron chi connectivity index (χ3n) is 2.11. The second-order valence-corrected chi connectivity index (χ2v) is 4.22. The first-order valence-electron chi connectivity index (χ1n) is 4.57. The molecule has 0 atom stereocenters. The Morgan fingerprint density at radius 1 is 1.47 bits per heavy atom. The molecule has 2 N–H and O–H groups in total. The number of hydrogen-bond acceptors (Lipinski definition) is 4. The Morgan fingerprint density at radius 3 is 2.76 bits per heavy atom. The number of carboxylic acids is 1. The monoisotopic (exact) mass is 259 g/mol. The van der Waals surface area contributed by atoms with Crippen LogP contribution < -0.4 is 29.6 Å². The third-order valence-corrected chi connectivity index (χ3v) is 2.98. The minimum Gasteiger partial charge on any atom is -1.00 e. The number of benzene rings is 1. The summed E-state index contributed by atoms with van der Waals surface area (Å²) in [6.07, 6.45) is 0. The summed E-state index contributed by atoms with van der Waals surface area (Å²) in [5.74, 6) is -0.952. The molecule has 0 radical (unpaired) electrons. The zero-order valence-corrected chi connectivity index (χ0v) is 12.3. The topological polar surface area (TPSA) is 70.4 Å². The van der Waals surface area contributed by atoms with Crippen LogP contribution in [0.2, 0.25) is 0 Å². The number of phenolic OH excluding ortho intramolecular Hbond substituents is 1. The van der Waals surface area contributed by atoms with Crippen LogP contribution in [0.1, 0.15) is 17.5 Å². The molecule has 84 valence electrons. The number of aryl methyl sites for hydroxylation is 1. The molecule has 0 aliphatic rings. The van der Waals surface area contributed by atoms with Crippen molar-refractivity contribution < 1.29 is 46.0 Å². The standard InChI is InChI=1S/C11H9NO3S.Na.H/c1-6-2-3-9(13)7(4-6)10-12-8(5-16-10)11(14)15;;/h2-5,13H,1H3,(H,14,15);;/q;+1;-1. The zero-order valence-electron chi connectivity index (χ0n) is 10.5. The molecule has 1 heterocycles. The maximum Gasteiger partial charge on any atom is 1.00 e. The van der Waals surface area contributed by atoms with Gasteiger partial charge >= 0.3 is 35.5 Å². The molecule has 0 bridgehead atoms. The van der Waals surface area contributed by atoms with E-state index in [1.165, 1.54) is 16.7 Å². The molecule has 1 aromatic heterocycles. The van der Waals surface area contributed by atoms with Crippen LogP contribution in [0.3, 0.4) is 0 Å². The van der Waals surface area contributed by atoms with Gasteiger partial charge in [0.1, 0.15) is 10.8 Å². The van der Waals surface area contributed by atoms with Crippen molar-refractivity contribution in [2.75, 3.05) is 0 Å². The number of aromatic carboxylic acids is 1.